The maximum absolute atomic E-state index is 12.0. The highest BCUT2D eigenvalue weighted by atomic mass is 79.9. The number of carbonyl (C=O) groups is 1. The second kappa shape index (κ2) is 10.7. The number of hydrogen-bond donors (Lipinski definition) is 1. The number of hydrogen-bond acceptors (Lipinski definition) is 5. The lowest BCUT2D eigenvalue weighted by molar-refractivity contribution is -0.123. The first-order valence-electron chi connectivity index (χ1n) is 9.05. The highest BCUT2D eigenvalue weighted by Gasteiger charge is 2.09. The van der Waals surface area contributed by atoms with Gasteiger partial charge < -0.3 is 14.2 Å². The van der Waals surface area contributed by atoms with Crippen LogP contribution in [0, 0.1) is 13.8 Å². The Labute approximate surface area is 174 Å². The van der Waals surface area contributed by atoms with E-state index in [0.29, 0.717) is 30.5 Å². The van der Waals surface area contributed by atoms with Gasteiger partial charge in [-0.3, -0.25) is 4.79 Å². The molecule has 0 aromatic heterocycles. The molecular weight excluding hydrogens is 424 g/mol. The van der Waals surface area contributed by atoms with Gasteiger partial charge in [-0.1, -0.05) is 15.9 Å². The van der Waals surface area contributed by atoms with Crippen LogP contribution in [-0.2, 0) is 4.79 Å². The zero-order valence-corrected chi connectivity index (χ0v) is 18.1. The van der Waals surface area contributed by atoms with Gasteiger partial charge in [-0.25, -0.2) is 5.43 Å². The third kappa shape index (κ3) is 6.27. The van der Waals surface area contributed by atoms with Crippen molar-refractivity contribution in [2.75, 3.05) is 19.8 Å². The predicted octanol–water partition coefficient (Wildman–Crippen LogP) is 4.39. The number of carbonyl (C=O) groups excluding carboxylic acids is 1. The summed E-state index contributed by atoms with van der Waals surface area (Å²) in [6.07, 6.45) is 1.55. The minimum Gasteiger partial charge on any atom is -0.490 e. The summed E-state index contributed by atoms with van der Waals surface area (Å²) < 4.78 is 17.7. The highest BCUT2D eigenvalue weighted by Crippen LogP contribution is 2.28. The maximum Gasteiger partial charge on any atom is 0.277 e. The van der Waals surface area contributed by atoms with Crippen molar-refractivity contribution in [1.29, 1.82) is 0 Å². The Morgan fingerprint density at radius 1 is 1.04 bits per heavy atom. The van der Waals surface area contributed by atoms with Gasteiger partial charge in [0.05, 0.1) is 19.4 Å². The Balaban J connectivity index is 1.93. The topological polar surface area (TPSA) is 69.2 Å². The van der Waals surface area contributed by atoms with Gasteiger partial charge in [-0.2, -0.15) is 5.10 Å². The van der Waals surface area contributed by atoms with Gasteiger partial charge in [0.25, 0.3) is 5.91 Å². The number of nitrogens with zero attached hydrogens (tertiary/aromatic N) is 1. The lowest BCUT2D eigenvalue weighted by Crippen LogP contribution is -2.25. The Morgan fingerprint density at radius 2 is 1.68 bits per heavy atom. The third-order valence-corrected chi connectivity index (χ3v) is 4.20. The SMILES string of the molecule is CCOc1ccc(/C=N/NC(=O)COc2c(C)cc(Br)cc2C)cc1OCC. The fourth-order valence-electron chi connectivity index (χ4n) is 2.62. The highest BCUT2D eigenvalue weighted by molar-refractivity contribution is 9.10. The first-order valence-corrected chi connectivity index (χ1v) is 9.85. The molecule has 7 heteroatoms. The molecule has 0 unspecified atom stereocenters. The van der Waals surface area contributed by atoms with Gasteiger partial charge in [0, 0.05) is 4.47 Å². The van der Waals surface area contributed by atoms with Crippen LogP contribution in [0.1, 0.15) is 30.5 Å². The number of halogens is 1. The molecule has 1 N–H and O–H groups in total. The maximum atomic E-state index is 12.0. The fourth-order valence-corrected chi connectivity index (χ4v) is 3.31. The molecule has 2 aromatic carbocycles. The van der Waals surface area contributed by atoms with Gasteiger partial charge in [0.15, 0.2) is 18.1 Å². The summed E-state index contributed by atoms with van der Waals surface area (Å²) in [4.78, 5) is 12.0. The molecule has 0 saturated carbocycles. The van der Waals surface area contributed by atoms with Crippen molar-refractivity contribution in [2.24, 2.45) is 5.10 Å². The fraction of sp³-hybridized carbons (Fsp3) is 0.333. The molecule has 0 saturated heterocycles. The molecule has 2 aromatic rings. The van der Waals surface area contributed by atoms with Crippen LogP contribution in [0.4, 0.5) is 0 Å². The van der Waals surface area contributed by atoms with Gasteiger partial charge >= 0.3 is 0 Å². The molecule has 0 fully saturated rings. The van der Waals surface area contributed by atoms with E-state index in [-0.39, 0.29) is 12.5 Å². The smallest absolute Gasteiger partial charge is 0.277 e. The average molecular weight is 449 g/mol. The molecule has 0 heterocycles. The predicted molar refractivity (Wildman–Crippen MR) is 114 cm³/mol. The molecule has 0 aliphatic carbocycles. The summed E-state index contributed by atoms with van der Waals surface area (Å²) >= 11 is 3.44. The van der Waals surface area contributed by atoms with Crippen molar-refractivity contribution >= 4 is 28.1 Å². The van der Waals surface area contributed by atoms with Crippen LogP contribution in [0.2, 0.25) is 0 Å². The second-order valence-electron chi connectivity index (χ2n) is 6.02. The molecule has 150 valence electrons. The Hall–Kier alpha value is -2.54. The molecule has 1 amide bonds. The zero-order chi connectivity index (χ0) is 20.5. The lowest BCUT2D eigenvalue weighted by atomic mass is 10.1. The third-order valence-electron chi connectivity index (χ3n) is 3.74. The van der Waals surface area contributed by atoms with E-state index >= 15 is 0 Å². The van der Waals surface area contributed by atoms with E-state index in [2.05, 4.69) is 26.5 Å². The summed E-state index contributed by atoms with van der Waals surface area (Å²) in [7, 11) is 0. The monoisotopic (exact) mass is 448 g/mol. The van der Waals surface area contributed by atoms with Crippen molar-refractivity contribution < 1.29 is 19.0 Å². The largest absolute Gasteiger partial charge is 0.490 e. The van der Waals surface area contributed by atoms with Gasteiger partial charge in [0.2, 0.25) is 0 Å². The van der Waals surface area contributed by atoms with Crippen LogP contribution in [0.5, 0.6) is 17.2 Å². The summed E-state index contributed by atoms with van der Waals surface area (Å²) in [5.41, 5.74) is 5.17. The summed E-state index contributed by atoms with van der Waals surface area (Å²) in [5.74, 6) is 1.69. The van der Waals surface area contributed by atoms with E-state index in [1.165, 1.54) is 0 Å². The molecular formula is C21H25BrN2O4. The minimum atomic E-state index is -0.339. The van der Waals surface area contributed by atoms with E-state index in [0.717, 1.165) is 21.2 Å². The number of hydrazone groups is 1. The number of amides is 1. The lowest BCUT2D eigenvalue weighted by Gasteiger charge is -2.12. The number of rotatable bonds is 9. The van der Waals surface area contributed by atoms with Crippen LogP contribution in [0.25, 0.3) is 0 Å². The molecule has 0 spiro atoms. The van der Waals surface area contributed by atoms with Crippen molar-refractivity contribution in [2.45, 2.75) is 27.7 Å². The Morgan fingerprint density at radius 3 is 2.32 bits per heavy atom. The summed E-state index contributed by atoms with van der Waals surface area (Å²) in [6.45, 7) is 8.67. The average Bonchev–Trinajstić information content (AvgIpc) is 2.63. The Kier molecular flexibility index (Phi) is 8.32. The van der Waals surface area contributed by atoms with Gasteiger partial charge in [-0.05, 0) is 74.7 Å². The first kappa shape index (κ1) is 21.8. The van der Waals surface area contributed by atoms with Gasteiger partial charge in [-0.15, -0.1) is 0 Å². The van der Waals surface area contributed by atoms with E-state index in [1.807, 2.05) is 58.0 Å². The quantitative estimate of drug-likeness (QED) is 0.456. The van der Waals surface area contributed by atoms with E-state index < -0.39 is 0 Å². The molecule has 28 heavy (non-hydrogen) atoms. The number of nitrogens with one attached hydrogen (secondary N) is 1. The summed E-state index contributed by atoms with van der Waals surface area (Å²) in [5, 5.41) is 3.98. The standard InChI is InChI=1S/C21H25BrN2O4/c1-5-26-18-8-7-16(11-19(18)27-6-2)12-23-24-20(25)13-28-21-14(3)9-17(22)10-15(21)4/h7-12H,5-6,13H2,1-4H3,(H,24,25)/b23-12+. The van der Waals surface area contributed by atoms with Crippen molar-refractivity contribution in [3.8, 4) is 17.2 Å². The van der Waals surface area contributed by atoms with Crippen molar-refractivity contribution in [3.05, 3.63) is 51.5 Å². The van der Waals surface area contributed by atoms with Crippen LogP contribution in [0.15, 0.2) is 39.9 Å². The van der Waals surface area contributed by atoms with Crippen LogP contribution >= 0.6 is 15.9 Å². The zero-order valence-electron chi connectivity index (χ0n) is 16.5. The number of ether oxygens (including phenoxy) is 3. The van der Waals surface area contributed by atoms with E-state index in [1.54, 1.807) is 6.21 Å². The first-order chi connectivity index (χ1) is 13.4. The molecule has 2 rings (SSSR count). The molecule has 0 atom stereocenters. The molecule has 0 bridgehead atoms. The molecule has 0 aliphatic rings. The molecule has 6 nitrogen and oxygen atoms in total. The second-order valence-corrected chi connectivity index (χ2v) is 6.94. The molecule has 0 radical (unpaired) electrons. The Bertz CT molecular complexity index is 829. The van der Waals surface area contributed by atoms with Crippen molar-refractivity contribution in [3.63, 3.8) is 0 Å². The molecule has 0 aliphatic heterocycles. The normalized spacial score (nSPS) is 10.8. The number of benzene rings is 2. The van der Waals surface area contributed by atoms with Crippen LogP contribution in [0.3, 0.4) is 0 Å². The van der Waals surface area contributed by atoms with Crippen LogP contribution < -0.4 is 19.6 Å². The van der Waals surface area contributed by atoms with Gasteiger partial charge in [0.1, 0.15) is 5.75 Å². The summed E-state index contributed by atoms with van der Waals surface area (Å²) in [6, 6.07) is 9.36. The van der Waals surface area contributed by atoms with E-state index in [9.17, 15) is 4.79 Å². The van der Waals surface area contributed by atoms with Crippen LogP contribution in [-0.4, -0.2) is 31.9 Å². The van der Waals surface area contributed by atoms with Crippen molar-refractivity contribution in [1.82, 2.24) is 5.43 Å². The number of aryl methyl sites for hydroxylation is 2. The van der Waals surface area contributed by atoms with E-state index in [4.69, 9.17) is 14.2 Å². The minimum absolute atomic E-state index is 0.117.